The van der Waals surface area contributed by atoms with Gasteiger partial charge in [0, 0.05) is 11.8 Å². The molecule has 0 N–H and O–H groups in total. The van der Waals surface area contributed by atoms with Crippen molar-refractivity contribution in [1.82, 2.24) is 9.78 Å². The van der Waals surface area contributed by atoms with Gasteiger partial charge in [-0.25, -0.2) is 13.2 Å². The van der Waals surface area contributed by atoms with Gasteiger partial charge in [-0.2, -0.15) is 5.10 Å². The molecule has 0 aliphatic heterocycles. The summed E-state index contributed by atoms with van der Waals surface area (Å²) in [4.78, 5) is 0. The molecule has 164 valence electrons. The molecule has 5 saturated carbocycles. The molecule has 0 amide bonds. The zero-order valence-corrected chi connectivity index (χ0v) is 18.1. The molecule has 5 heteroatoms. The summed E-state index contributed by atoms with van der Waals surface area (Å²) in [6.07, 6.45) is 10.3. The largest absolute Gasteiger partial charge is 0.266 e. The Hall–Kier alpha value is -1.26. The zero-order chi connectivity index (χ0) is 21.1. The van der Waals surface area contributed by atoms with Crippen molar-refractivity contribution in [2.75, 3.05) is 0 Å². The lowest BCUT2D eigenvalue weighted by atomic mass is 9.57. The van der Waals surface area contributed by atoms with Crippen molar-refractivity contribution in [3.05, 3.63) is 30.4 Å². The third-order valence-corrected chi connectivity index (χ3v) is 10.9. The first kappa shape index (κ1) is 19.4. The van der Waals surface area contributed by atoms with Crippen molar-refractivity contribution in [3.8, 4) is 0 Å². The molecular formula is C25H33F3N2. The van der Waals surface area contributed by atoms with Crippen molar-refractivity contribution in [3.63, 3.8) is 0 Å². The first-order valence-corrected chi connectivity index (χ1v) is 11.9. The van der Waals surface area contributed by atoms with Crippen molar-refractivity contribution in [1.29, 1.82) is 0 Å². The summed E-state index contributed by atoms with van der Waals surface area (Å²) >= 11 is 0. The molecule has 8 unspecified atom stereocenters. The lowest BCUT2D eigenvalue weighted by Gasteiger charge is -2.50. The maximum absolute atomic E-state index is 16.0. The zero-order valence-electron chi connectivity index (χ0n) is 18.1. The molecule has 1 aromatic heterocycles. The van der Waals surface area contributed by atoms with E-state index in [1.54, 1.807) is 0 Å². The molecule has 5 fully saturated rings. The van der Waals surface area contributed by atoms with Crippen LogP contribution < -0.4 is 0 Å². The number of allylic oxidation sites excluding steroid dienone is 1. The van der Waals surface area contributed by atoms with E-state index in [1.807, 2.05) is 6.92 Å². The van der Waals surface area contributed by atoms with E-state index in [4.69, 9.17) is 0 Å². The van der Waals surface area contributed by atoms with E-state index in [-0.39, 0.29) is 35.0 Å². The lowest BCUT2D eigenvalue weighted by Crippen LogP contribution is -2.53. The van der Waals surface area contributed by atoms with Gasteiger partial charge in [-0.1, -0.05) is 32.4 Å². The normalized spacial score (nSPS) is 50.4. The highest BCUT2D eigenvalue weighted by Crippen LogP contribution is 2.93. The number of rotatable bonds is 3. The van der Waals surface area contributed by atoms with Crippen LogP contribution in [0.5, 0.6) is 0 Å². The highest BCUT2D eigenvalue weighted by atomic mass is 19.3. The topological polar surface area (TPSA) is 17.8 Å². The Kier molecular flexibility index (Phi) is 3.72. The minimum Gasteiger partial charge on any atom is -0.266 e. The van der Waals surface area contributed by atoms with Gasteiger partial charge < -0.3 is 0 Å². The summed E-state index contributed by atoms with van der Waals surface area (Å²) < 4.78 is 46.9. The van der Waals surface area contributed by atoms with Gasteiger partial charge in [0.05, 0.1) is 18.9 Å². The molecule has 0 aromatic carbocycles. The average molecular weight is 419 g/mol. The molecule has 30 heavy (non-hydrogen) atoms. The Morgan fingerprint density at radius 1 is 1.17 bits per heavy atom. The maximum Gasteiger partial charge on any atom is 0.254 e. The number of alkyl halides is 2. The Bertz CT molecular complexity index is 908. The summed E-state index contributed by atoms with van der Waals surface area (Å²) in [6.45, 7) is 8.78. The number of nitrogens with zero attached hydrogens (tertiary/aromatic N) is 2. The number of fused-ring (bicyclic) bond motifs is 1. The van der Waals surface area contributed by atoms with Crippen LogP contribution in [0.25, 0.3) is 0 Å². The standard InChI is InChI=1S/C25H33F3N2/c1-15-6-8-23-17(10-15)7-9-24(23)20-5-4-19(16(2)13-30-14-18(26)12-29-30)22(20,3)25(27,28)11-21(23)24/h12,14-15,17,19-21H,2,4-11,13H2,1,3H3. The van der Waals surface area contributed by atoms with Gasteiger partial charge in [0.2, 0.25) is 0 Å². The molecule has 8 atom stereocenters. The fourth-order valence-electron chi connectivity index (χ4n) is 9.95. The number of halogens is 3. The summed E-state index contributed by atoms with van der Waals surface area (Å²) in [6, 6.07) is 0. The van der Waals surface area contributed by atoms with Gasteiger partial charge in [0.25, 0.3) is 5.92 Å². The Labute approximate surface area is 177 Å². The van der Waals surface area contributed by atoms with E-state index in [9.17, 15) is 4.39 Å². The Morgan fingerprint density at radius 2 is 1.93 bits per heavy atom. The predicted molar refractivity (Wildman–Crippen MR) is 109 cm³/mol. The monoisotopic (exact) mass is 418 g/mol. The molecule has 1 aromatic rings. The van der Waals surface area contributed by atoms with E-state index >= 15 is 8.78 Å². The molecule has 0 saturated heterocycles. The van der Waals surface area contributed by atoms with E-state index < -0.39 is 17.2 Å². The van der Waals surface area contributed by atoms with Gasteiger partial charge in [-0.15, -0.1) is 0 Å². The second kappa shape index (κ2) is 5.75. The van der Waals surface area contributed by atoms with Crippen molar-refractivity contribution in [2.24, 2.45) is 45.8 Å². The molecular weight excluding hydrogens is 385 g/mol. The number of hydrogen-bond acceptors (Lipinski definition) is 1. The van der Waals surface area contributed by atoms with Gasteiger partial charge in [0.1, 0.15) is 0 Å². The fraction of sp³-hybridized carbons (Fsp3) is 0.800. The Balaban J connectivity index is 1.35. The van der Waals surface area contributed by atoms with E-state index in [2.05, 4.69) is 18.6 Å². The van der Waals surface area contributed by atoms with E-state index in [1.165, 1.54) is 42.8 Å². The van der Waals surface area contributed by atoms with Crippen LogP contribution in [0.3, 0.4) is 0 Å². The summed E-state index contributed by atoms with van der Waals surface area (Å²) in [7, 11) is 0. The maximum atomic E-state index is 16.0. The molecule has 2 spiro atoms. The van der Waals surface area contributed by atoms with Crippen molar-refractivity contribution in [2.45, 2.75) is 77.7 Å². The van der Waals surface area contributed by atoms with Crippen molar-refractivity contribution < 1.29 is 13.2 Å². The third kappa shape index (κ3) is 2.02. The van der Waals surface area contributed by atoms with Crippen LogP contribution in [0.4, 0.5) is 13.2 Å². The number of hydrogen-bond donors (Lipinski definition) is 0. The van der Waals surface area contributed by atoms with Crippen LogP contribution in [0.1, 0.15) is 65.2 Å². The van der Waals surface area contributed by atoms with Gasteiger partial charge in [-0.3, -0.25) is 4.68 Å². The summed E-state index contributed by atoms with van der Waals surface area (Å²) in [5, 5.41) is 4.02. The van der Waals surface area contributed by atoms with E-state index in [0.29, 0.717) is 12.5 Å². The first-order chi connectivity index (χ1) is 14.2. The van der Waals surface area contributed by atoms with Gasteiger partial charge >= 0.3 is 0 Å². The third-order valence-electron chi connectivity index (χ3n) is 10.9. The highest BCUT2D eigenvalue weighted by molar-refractivity contribution is 5.37. The lowest BCUT2D eigenvalue weighted by molar-refractivity contribution is -0.190. The molecule has 5 aliphatic rings. The van der Waals surface area contributed by atoms with Crippen LogP contribution in [0, 0.1) is 51.7 Å². The van der Waals surface area contributed by atoms with Crippen LogP contribution in [-0.2, 0) is 6.54 Å². The SMILES string of the molecule is C=C(Cn1cc(F)cn1)C1CCC2C1(C)C(F)(F)CC1C34CCC(C)CC3CCC214. The highest BCUT2D eigenvalue weighted by Gasteiger charge is 2.90. The molecule has 2 nitrogen and oxygen atoms in total. The van der Waals surface area contributed by atoms with Crippen LogP contribution in [-0.4, -0.2) is 15.7 Å². The smallest absolute Gasteiger partial charge is 0.254 e. The Morgan fingerprint density at radius 3 is 2.67 bits per heavy atom. The van der Waals surface area contributed by atoms with Crippen LogP contribution in [0.2, 0.25) is 0 Å². The second-order valence-electron chi connectivity index (χ2n) is 11.6. The first-order valence-electron chi connectivity index (χ1n) is 11.9. The second-order valence-corrected chi connectivity index (χ2v) is 11.6. The van der Waals surface area contributed by atoms with E-state index in [0.717, 1.165) is 30.8 Å². The number of aromatic nitrogens is 2. The molecule has 6 rings (SSSR count). The average Bonchev–Trinajstić information content (AvgIpc) is 3.10. The minimum atomic E-state index is -2.67. The molecule has 5 aliphatic carbocycles. The fourth-order valence-corrected chi connectivity index (χ4v) is 9.95. The summed E-state index contributed by atoms with van der Waals surface area (Å²) in [5.41, 5.74) is 0.112. The van der Waals surface area contributed by atoms with Gasteiger partial charge in [0.15, 0.2) is 5.82 Å². The predicted octanol–water partition coefficient (Wildman–Crippen LogP) is 6.48. The van der Waals surface area contributed by atoms with Crippen LogP contribution >= 0.6 is 0 Å². The quantitative estimate of drug-likeness (QED) is 0.514. The molecule has 0 radical (unpaired) electrons. The van der Waals surface area contributed by atoms with Gasteiger partial charge in [-0.05, 0) is 78.9 Å². The minimum absolute atomic E-state index is 0.0745. The molecule has 0 bridgehead atoms. The molecule has 1 heterocycles. The van der Waals surface area contributed by atoms with Crippen LogP contribution in [0.15, 0.2) is 24.5 Å². The van der Waals surface area contributed by atoms with Crippen molar-refractivity contribution >= 4 is 0 Å². The summed E-state index contributed by atoms with van der Waals surface area (Å²) in [5.74, 6) is -1.55.